The van der Waals surface area contributed by atoms with Gasteiger partial charge in [-0.3, -0.25) is 0 Å². The average Bonchev–Trinajstić information content (AvgIpc) is 2.57. The van der Waals surface area contributed by atoms with Gasteiger partial charge in [-0.25, -0.2) is 0 Å². The maximum Gasteiger partial charge on any atom is 0.0455 e. The van der Waals surface area contributed by atoms with Crippen molar-refractivity contribution in [1.29, 1.82) is 0 Å². The van der Waals surface area contributed by atoms with E-state index < -0.39 is 0 Å². The first kappa shape index (κ1) is 14.7. The van der Waals surface area contributed by atoms with Crippen LogP contribution < -0.4 is 5.32 Å². The van der Waals surface area contributed by atoms with Gasteiger partial charge in [0.05, 0.1) is 0 Å². The number of anilines is 1. The molecule has 0 aliphatic carbocycles. The van der Waals surface area contributed by atoms with E-state index in [0.717, 1.165) is 22.8 Å². The van der Waals surface area contributed by atoms with Crippen LogP contribution in [0, 0.1) is 6.92 Å². The lowest BCUT2D eigenvalue weighted by molar-refractivity contribution is 1.15. The third-order valence-corrected chi connectivity index (χ3v) is 4.14. The number of hydrogen-bond acceptors (Lipinski definition) is 1. The highest BCUT2D eigenvalue weighted by Crippen LogP contribution is 2.22. The lowest BCUT2D eigenvalue weighted by atomic mass is 10.0. The summed E-state index contributed by atoms with van der Waals surface area (Å²) in [4.78, 5) is 0. The van der Waals surface area contributed by atoms with E-state index in [0.29, 0.717) is 0 Å². The molecule has 0 saturated carbocycles. The summed E-state index contributed by atoms with van der Waals surface area (Å²) in [5.41, 5.74) is 5.87. The van der Waals surface area contributed by atoms with Crippen molar-refractivity contribution >= 4 is 17.3 Å². The lowest BCUT2D eigenvalue weighted by Crippen LogP contribution is -1.99. The van der Waals surface area contributed by atoms with Crippen molar-refractivity contribution in [3.05, 3.63) is 88.9 Å². The van der Waals surface area contributed by atoms with Crippen LogP contribution in [-0.2, 0) is 6.54 Å². The molecule has 0 heterocycles. The fraction of sp³-hybridized carbons (Fsp3) is 0.100. The van der Waals surface area contributed by atoms with Gasteiger partial charge in [-0.15, -0.1) is 0 Å². The van der Waals surface area contributed by atoms with E-state index in [1.54, 1.807) is 0 Å². The Morgan fingerprint density at radius 1 is 0.818 bits per heavy atom. The zero-order valence-corrected chi connectivity index (χ0v) is 13.3. The Bertz CT molecular complexity index is 748. The molecule has 0 radical (unpaired) electrons. The second-order valence-electron chi connectivity index (χ2n) is 5.38. The standard InChI is InChI=1S/C20H18ClN/c1-15-7-12-19(13-20(15)21)22-14-16-8-10-18(11-9-16)17-5-3-2-4-6-17/h2-13,22H,14H2,1H3. The highest BCUT2D eigenvalue weighted by atomic mass is 35.5. The summed E-state index contributed by atoms with van der Waals surface area (Å²) in [6.45, 7) is 2.79. The Kier molecular flexibility index (Phi) is 4.45. The molecule has 3 aromatic rings. The molecule has 0 unspecified atom stereocenters. The fourth-order valence-corrected chi connectivity index (χ4v) is 2.53. The molecule has 1 nitrogen and oxygen atoms in total. The Balaban J connectivity index is 1.67. The molecular weight excluding hydrogens is 290 g/mol. The Morgan fingerprint density at radius 2 is 1.50 bits per heavy atom. The first-order valence-corrected chi connectivity index (χ1v) is 7.74. The molecule has 0 bridgehead atoms. The summed E-state index contributed by atoms with van der Waals surface area (Å²) >= 11 is 6.14. The van der Waals surface area contributed by atoms with Crippen LogP contribution in [0.1, 0.15) is 11.1 Å². The van der Waals surface area contributed by atoms with Crippen LogP contribution >= 0.6 is 11.6 Å². The minimum Gasteiger partial charge on any atom is -0.381 e. The second kappa shape index (κ2) is 6.67. The van der Waals surface area contributed by atoms with Crippen molar-refractivity contribution in [1.82, 2.24) is 0 Å². The number of aryl methyl sites for hydroxylation is 1. The summed E-state index contributed by atoms with van der Waals surface area (Å²) < 4.78 is 0. The first-order chi connectivity index (χ1) is 10.7. The Morgan fingerprint density at radius 3 is 2.18 bits per heavy atom. The summed E-state index contributed by atoms with van der Waals surface area (Å²) in [5, 5.41) is 4.20. The van der Waals surface area contributed by atoms with E-state index in [-0.39, 0.29) is 0 Å². The van der Waals surface area contributed by atoms with E-state index in [2.05, 4.69) is 59.9 Å². The molecule has 1 N–H and O–H groups in total. The van der Waals surface area contributed by atoms with Crippen LogP contribution in [0.5, 0.6) is 0 Å². The molecule has 0 aliphatic rings. The van der Waals surface area contributed by atoms with Crippen molar-refractivity contribution in [2.24, 2.45) is 0 Å². The molecule has 3 aromatic carbocycles. The van der Waals surface area contributed by atoms with Crippen LogP contribution in [0.15, 0.2) is 72.8 Å². The van der Waals surface area contributed by atoms with E-state index in [4.69, 9.17) is 11.6 Å². The van der Waals surface area contributed by atoms with Crippen LogP contribution in [-0.4, -0.2) is 0 Å². The molecule has 0 aliphatic heterocycles. The summed E-state index contributed by atoms with van der Waals surface area (Å²) in [7, 11) is 0. The fourth-order valence-electron chi connectivity index (χ4n) is 2.35. The van der Waals surface area contributed by atoms with E-state index in [1.165, 1.54) is 16.7 Å². The molecule has 0 saturated heterocycles. The molecule has 2 heteroatoms. The van der Waals surface area contributed by atoms with Crippen molar-refractivity contribution in [3.63, 3.8) is 0 Å². The molecule has 0 atom stereocenters. The molecule has 0 amide bonds. The predicted molar refractivity (Wildman–Crippen MR) is 95.4 cm³/mol. The van der Waals surface area contributed by atoms with Crippen LogP contribution in [0.25, 0.3) is 11.1 Å². The van der Waals surface area contributed by atoms with Gasteiger partial charge in [0, 0.05) is 17.3 Å². The smallest absolute Gasteiger partial charge is 0.0455 e. The quantitative estimate of drug-likeness (QED) is 0.630. The topological polar surface area (TPSA) is 12.0 Å². The van der Waals surface area contributed by atoms with Crippen LogP contribution in [0.2, 0.25) is 5.02 Å². The number of benzene rings is 3. The molecule has 0 fully saturated rings. The van der Waals surface area contributed by atoms with Gasteiger partial charge in [0.1, 0.15) is 0 Å². The zero-order valence-electron chi connectivity index (χ0n) is 12.5. The normalized spacial score (nSPS) is 10.5. The number of rotatable bonds is 4. The third kappa shape index (κ3) is 3.49. The SMILES string of the molecule is Cc1ccc(NCc2ccc(-c3ccccc3)cc2)cc1Cl. The van der Waals surface area contributed by atoms with Crippen molar-refractivity contribution in [2.45, 2.75) is 13.5 Å². The summed E-state index contributed by atoms with van der Waals surface area (Å²) in [6, 6.07) is 25.1. The van der Waals surface area contributed by atoms with Gasteiger partial charge >= 0.3 is 0 Å². The minimum atomic E-state index is 0.786. The van der Waals surface area contributed by atoms with E-state index >= 15 is 0 Å². The first-order valence-electron chi connectivity index (χ1n) is 7.37. The molecule has 22 heavy (non-hydrogen) atoms. The monoisotopic (exact) mass is 307 g/mol. The number of nitrogens with one attached hydrogen (secondary N) is 1. The predicted octanol–water partition coefficient (Wildman–Crippen LogP) is 5.93. The molecule has 0 aromatic heterocycles. The molecule has 3 rings (SSSR count). The van der Waals surface area contributed by atoms with Crippen molar-refractivity contribution in [2.75, 3.05) is 5.32 Å². The minimum absolute atomic E-state index is 0.786. The van der Waals surface area contributed by atoms with Gasteiger partial charge in [-0.2, -0.15) is 0 Å². The van der Waals surface area contributed by atoms with Gasteiger partial charge in [0.25, 0.3) is 0 Å². The summed E-state index contributed by atoms with van der Waals surface area (Å²) in [6.07, 6.45) is 0. The molecular formula is C20H18ClN. The maximum absolute atomic E-state index is 6.14. The highest BCUT2D eigenvalue weighted by molar-refractivity contribution is 6.31. The van der Waals surface area contributed by atoms with E-state index in [9.17, 15) is 0 Å². The number of hydrogen-bond donors (Lipinski definition) is 1. The van der Waals surface area contributed by atoms with Crippen molar-refractivity contribution < 1.29 is 0 Å². The van der Waals surface area contributed by atoms with Gasteiger partial charge in [-0.1, -0.05) is 72.3 Å². The summed E-state index contributed by atoms with van der Waals surface area (Å²) in [5.74, 6) is 0. The molecule has 110 valence electrons. The second-order valence-corrected chi connectivity index (χ2v) is 5.79. The average molecular weight is 308 g/mol. The lowest BCUT2D eigenvalue weighted by Gasteiger charge is -2.09. The van der Waals surface area contributed by atoms with E-state index in [1.807, 2.05) is 25.1 Å². The largest absolute Gasteiger partial charge is 0.381 e. The third-order valence-electron chi connectivity index (χ3n) is 3.73. The highest BCUT2D eigenvalue weighted by Gasteiger charge is 2.00. The Hall–Kier alpha value is -2.25. The zero-order chi connectivity index (χ0) is 15.4. The maximum atomic E-state index is 6.14. The van der Waals surface area contributed by atoms with Crippen LogP contribution in [0.4, 0.5) is 5.69 Å². The van der Waals surface area contributed by atoms with Gasteiger partial charge in [0.2, 0.25) is 0 Å². The Labute approximate surface area is 136 Å². The van der Waals surface area contributed by atoms with Crippen molar-refractivity contribution in [3.8, 4) is 11.1 Å². The van der Waals surface area contributed by atoms with Gasteiger partial charge < -0.3 is 5.32 Å². The number of halogens is 1. The van der Waals surface area contributed by atoms with Gasteiger partial charge in [0.15, 0.2) is 0 Å². The van der Waals surface area contributed by atoms with Crippen LogP contribution in [0.3, 0.4) is 0 Å². The van der Waals surface area contributed by atoms with Gasteiger partial charge in [-0.05, 0) is 41.3 Å². The molecule has 0 spiro atoms.